The van der Waals surface area contributed by atoms with Gasteiger partial charge in [-0.2, -0.15) is 5.10 Å². The first kappa shape index (κ1) is 15.2. The van der Waals surface area contributed by atoms with E-state index in [1.54, 1.807) is 0 Å². The summed E-state index contributed by atoms with van der Waals surface area (Å²) < 4.78 is 2.00. The summed E-state index contributed by atoms with van der Waals surface area (Å²) in [6.07, 6.45) is 5.55. The van der Waals surface area contributed by atoms with Crippen molar-refractivity contribution in [2.24, 2.45) is 0 Å². The van der Waals surface area contributed by atoms with Gasteiger partial charge in [0, 0.05) is 23.7 Å². The van der Waals surface area contributed by atoms with E-state index in [0.29, 0.717) is 5.82 Å². The molecular formula is C19H19N7. The van der Waals surface area contributed by atoms with E-state index in [1.807, 2.05) is 29.1 Å². The summed E-state index contributed by atoms with van der Waals surface area (Å²) in [6, 6.07) is 10.4. The number of hydrogen-bond acceptors (Lipinski definition) is 6. The van der Waals surface area contributed by atoms with Crippen molar-refractivity contribution in [1.82, 2.24) is 30.0 Å². The number of nitrogen functional groups attached to an aromatic ring is 1. The maximum atomic E-state index is 6.21. The van der Waals surface area contributed by atoms with Crippen molar-refractivity contribution in [3.8, 4) is 11.3 Å². The normalized spacial score (nSPS) is 17.8. The fraction of sp³-hybridized carbons (Fsp3) is 0.263. The van der Waals surface area contributed by atoms with Crippen molar-refractivity contribution in [1.29, 1.82) is 0 Å². The number of para-hydroxylation sites is 1. The third-order valence-corrected chi connectivity index (χ3v) is 5.00. The maximum Gasteiger partial charge on any atom is 0.164 e. The van der Waals surface area contributed by atoms with Crippen molar-refractivity contribution in [3.63, 3.8) is 0 Å². The first-order valence-electron chi connectivity index (χ1n) is 8.86. The number of rotatable bonds is 2. The summed E-state index contributed by atoms with van der Waals surface area (Å²) in [4.78, 5) is 13.3. The summed E-state index contributed by atoms with van der Waals surface area (Å²) in [6.45, 7) is 1.93. The number of nitrogens with two attached hydrogens (primary N) is 1. The standard InChI is InChI=1S/C19H19N7/c20-18-16-17(13-8-12-4-1-2-6-15(12)22-9-13)25-26(19(16)24-11-23-18)14-5-3-7-21-10-14/h1-2,4,6,8-9,11,14,21H,3,5,7,10H2,(H2,20,23,24)/t14-/m1/s1. The van der Waals surface area contributed by atoms with Gasteiger partial charge in [-0.3, -0.25) is 4.98 Å². The minimum absolute atomic E-state index is 0.266. The van der Waals surface area contributed by atoms with E-state index in [2.05, 4.69) is 32.4 Å². The van der Waals surface area contributed by atoms with Gasteiger partial charge in [0.2, 0.25) is 0 Å². The van der Waals surface area contributed by atoms with Crippen molar-refractivity contribution >= 4 is 27.8 Å². The van der Waals surface area contributed by atoms with E-state index >= 15 is 0 Å². The smallest absolute Gasteiger partial charge is 0.164 e. The van der Waals surface area contributed by atoms with Gasteiger partial charge < -0.3 is 11.1 Å². The van der Waals surface area contributed by atoms with Crippen LogP contribution in [-0.2, 0) is 0 Å². The van der Waals surface area contributed by atoms with Crippen LogP contribution in [0.2, 0.25) is 0 Å². The molecule has 26 heavy (non-hydrogen) atoms. The number of benzene rings is 1. The van der Waals surface area contributed by atoms with E-state index in [0.717, 1.165) is 59.1 Å². The molecular weight excluding hydrogens is 326 g/mol. The van der Waals surface area contributed by atoms with Gasteiger partial charge in [0.15, 0.2) is 5.65 Å². The van der Waals surface area contributed by atoms with Crippen LogP contribution in [0.5, 0.6) is 0 Å². The second kappa shape index (κ2) is 6.03. The van der Waals surface area contributed by atoms with Gasteiger partial charge in [0.25, 0.3) is 0 Å². The van der Waals surface area contributed by atoms with Crippen LogP contribution < -0.4 is 11.1 Å². The van der Waals surface area contributed by atoms with Gasteiger partial charge in [-0.05, 0) is 31.5 Å². The Balaban J connectivity index is 1.73. The molecule has 0 amide bonds. The van der Waals surface area contributed by atoms with Gasteiger partial charge in [-0.1, -0.05) is 18.2 Å². The molecule has 3 aromatic heterocycles. The van der Waals surface area contributed by atoms with Gasteiger partial charge in [0.1, 0.15) is 17.8 Å². The molecule has 1 aliphatic heterocycles. The van der Waals surface area contributed by atoms with Crippen molar-refractivity contribution in [2.75, 3.05) is 18.8 Å². The van der Waals surface area contributed by atoms with Crippen LogP contribution in [0.3, 0.4) is 0 Å². The molecule has 1 fully saturated rings. The predicted octanol–water partition coefficient (Wildman–Crippen LogP) is 2.55. The third kappa shape index (κ3) is 2.40. The fourth-order valence-electron chi connectivity index (χ4n) is 3.69. The topological polar surface area (TPSA) is 94.5 Å². The van der Waals surface area contributed by atoms with Crippen LogP contribution >= 0.6 is 0 Å². The lowest BCUT2D eigenvalue weighted by molar-refractivity contribution is 0.354. The molecule has 1 atom stereocenters. The highest BCUT2D eigenvalue weighted by atomic mass is 15.3. The average molecular weight is 345 g/mol. The van der Waals surface area contributed by atoms with Crippen LogP contribution in [0.15, 0.2) is 42.9 Å². The zero-order valence-corrected chi connectivity index (χ0v) is 14.3. The summed E-state index contributed by atoms with van der Waals surface area (Å²) in [5.41, 5.74) is 9.68. The third-order valence-electron chi connectivity index (χ3n) is 5.00. The van der Waals surface area contributed by atoms with E-state index in [4.69, 9.17) is 10.8 Å². The summed E-state index contributed by atoms with van der Waals surface area (Å²) in [5.74, 6) is 0.452. The van der Waals surface area contributed by atoms with Crippen LogP contribution in [0, 0.1) is 0 Å². The number of fused-ring (bicyclic) bond motifs is 2. The lowest BCUT2D eigenvalue weighted by Gasteiger charge is -2.23. The molecule has 1 saturated heterocycles. The molecule has 0 unspecified atom stereocenters. The Bertz CT molecular complexity index is 1100. The van der Waals surface area contributed by atoms with E-state index in [1.165, 1.54) is 6.33 Å². The SMILES string of the molecule is Nc1ncnc2c1c(-c1cnc3ccccc3c1)nn2[C@@H]1CCCNC1. The average Bonchev–Trinajstić information content (AvgIpc) is 3.09. The highest BCUT2D eigenvalue weighted by Gasteiger charge is 2.23. The van der Waals surface area contributed by atoms with Crippen LogP contribution in [0.4, 0.5) is 5.82 Å². The number of piperidine rings is 1. The molecule has 4 aromatic rings. The van der Waals surface area contributed by atoms with Crippen molar-refractivity contribution in [3.05, 3.63) is 42.9 Å². The Hall–Kier alpha value is -3.06. The van der Waals surface area contributed by atoms with Crippen LogP contribution in [0.1, 0.15) is 18.9 Å². The van der Waals surface area contributed by atoms with Crippen molar-refractivity contribution in [2.45, 2.75) is 18.9 Å². The molecule has 0 saturated carbocycles. The highest BCUT2D eigenvalue weighted by Crippen LogP contribution is 2.33. The quantitative estimate of drug-likeness (QED) is 0.580. The second-order valence-electron chi connectivity index (χ2n) is 6.67. The fourth-order valence-corrected chi connectivity index (χ4v) is 3.69. The highest BCUT2D eigenvalue weighted by molar-refractivity contribution is 5.99. The zero-order chi connectivity index (χ0) is 17.5. The number of aromatic nitrogens is 5. The van der Waals surface area contributed by atoms with E-state index < -0.39 is 0 Å². The van der Waals surface area contributed by atoms with Gasteiger partial charge in [0.05, 0.1) is 16.9 Å². The molecule has 4 heterocycles. The number of nitrogens with one attached hydrogen (secondary N) is 1. The molecule has 1 aliphatic rings. The molecule has 0 radical (unpaired) electrons. The Morgan fingerprint density at radius 2 is 2.08 bits per heavy atom. The largest absolute Gasteiger partial charge is 0.383 e. The molecule has 0 bridgehead atoms. The Labute approximate surface area is 150 Å². The summed E-state index contributed by atoms with van der Waals surface area (Å²) in [7, 11) is 0. The zero-order valence-electron chi connectivity index (χ0n) is 14.3. The Morgan fingerprint density at radius 3 is 2.96 bits per heavy atom. The number of nitrogens with zero attached hydrogens (tertiary/aromatic N) is 5. The van der Waals surface area contributed by atoms with Crippen molar-refractivity contribution < 1.29 is 0 Å². The van der Waals surface area contributed by atoms with E-state index in [9.17, 15) is 0 Å². The molecule has 130 valence electrons. The molecule has 1 aromatic carbocycles. The Morgan fingerprint density at radius 1 is 1.15 bits per heavy atom. The minimum atomic E-state index is 0.266. The monoisotopic (exact) mass is 345 g/mol. The minimum Gasteiger partial charge on any atom is -0.383 e. The lowest BCUT2D eigenvalue weighted by Crippen LogP contribution is -2.32. The number of anilines is 1. The molecule has 0 aliphatic carbocycles. The summed E-state index contributed by atoms with van der Waals surface area (Å²) in [5, 5.41) is 10.2. The number of hydrogen-bond donors (Lipinski definition) is 2. The molecule has 0 spiro atoms. The summed E-state index contributed by atoms with van der Waals surface area (Å²) >= 11 is 0. The van der Waals surface area contributed by atoms with Gasteiger partial charge in [-0.15, -0.1) is 0 Å². The first-order valence-corrected chi connectivity index (χ1v) is 8.86. The molecule has 3 N–H and O–H groups in total. The molecule has 5 rings (SSSR count). The number of pyridine rings is 1. The first-order chi connectivity index (χ1) is 12.8. The molecule has 7 heteroatoms. The van der Waals surface area contributed by atoms with Gasteiger partial charge >= 0.3 is 0 Å². The van der Waals surface area contributed by atoms with Gasteiger partial charge in [-0.25, -0.2) is 14.6 Å². The Kier molecular flexibility index (Phi) is 3.53. The molecule has 7 nitrogen and oxygen atoms in total. The van der Waals surface area contributed by atoms with Crippen LogP contribution in [-0.4, -0.2) is 37.8 Å². The lowest BCUT2D eigenvalue weighted by atomic mass is 10.1. The van der Waals surface area contributed by atoms with E-state index in [-0.39, 0.29) is 6.04 Å². The second-order valence-corrected chi connectivity index (χ2v) is 6.67. The van der Waals surface area contributed by atoms with Crippen LogP contribution in [0.25, 0.3) is 33.2 Å². The predicted molar refractivity (Wildman–Crippen MR) is 102 cm³/mol. The maximum absolute atomic E-state index is 6.21.